The van der Waals surface area contributed by atoms with E-state index in [1.807, 2.05) is 56.4 Å². The number of nitrogens with zero attached hydrogens (tertiary/aromatic N) is 3. The zero-order valence-electron chi connectivity index (χ0n) is 21.4. The van der Waals surface area contributed by atoms with Gasteiger partial charge in [-0.3, -0.25) is 4.79 Å². The summed E-state index contributed by atoms with van der Waals surface area (Å²) >= 11 is 1.64. The van der Waals surface area contributed by atoms with Crippen LogP contribution in [-0.2, 0) is 24.1 Å². The Morgan fingerprint density at radius 2 is 1.75 bits per heavy atom. The van der Waals surface area contributed by atoms with Crippen LogP contribution in [-0.4, -0.2) is 26.0 Å². The normalized spacial score (nSPS) is 10.4. The van der Waals surface area contributed by atoms with Gasteiger partial charge in [-0.25, -0.2) is 15.0 Å². The highest BCUT2D eigenvalue weighted by Crippen LogP contribution is 2.25. The molecule has 0 aliphatic rings. The molecule has 0 atom stereocenters. The van der Waals surface area contributed by atoms with Crippen molar-refractivity contribution < 1.29 is 9.90 Å². The molecule has 0 aliphatic heterocycles. The van der Waals surface area contributed by atoms with Gasteiger partial charge in [0.25, 0.3) is 0 Å². The first-order valence-electron chi connectivity index (χ1n) is 12.3. The molecular weight excluding hydrogens is 468 g/mol. The largest absolute Gasteiger partial charge is 0.481 e. The maximum Gasteiger partial charge on any atom is 0.303 e. The number of hydrogen-bond acceptors (Lipinski definition) is 6. The third-order valence-electron chi connectivity index (χ3n) is 5.65. The minimum atomic E-state index is -0.718. The lowest BCUT2D eigenvalue weighted by Gasteiger charge is -2.12. The van der Waals surface area contributed by atoms with Crippen molar-refractivity contribution in [3.63, 3.8) is 0 Å². The van der Waals surface area contributed by atoms with Gasteiger partial charge in [-0.1, -0.05) is 44.5 Å². The van der Waals surface area contributed by atoms with Crippen LogP contribution >= 0.6 is 11.3 Å². The van der Waals surface area contributed by atoms with Crippen molar-refractivity contribution in [3.8, 4) is 10.6 Å². The van der Waals surface area contributed by atoms with Gasteiger partial charge < -0.3 is 10.4 Å². The number of hydrogen-bond donors (Lipinski definition) is 2. The number of benzene rings is 1. The fraction of sp³-hybridized carbons (Fsp3) is 0.310. The van der Waals surface area contributed by atoms with Gasteiger partial charge in [-0.2, -0.15) is 0 Å². The molecule has 0 saturated heterocycles. The van der Waals surface area contributed by atoms with E-state index in [9.17, 15) is 4.79 Å². The van der Waals surface area contributed by atoms with Crippen LogP contribution in [0.25, 0.3) is 10.6 Å². The molecule has 0 amide bonds. The van der Waals surface area contributed by atoms with Crippen LogP contribution in [0.2, 0.25) is 0 Å². The Labute approximate surface area is 217 Å². The quantitative estimate of drug-likeness (QED) is 0.252. The maximum absolute atomic E-state index is 10.6. The van der Waals surface area contributed by atoms with Crippen molar-refractivity contribution >= 4 is 28.9 Å². The van der Waals surface area contributed by atoms with Gasteiger partial charge in [-0.15, -0.1) is 11.3 Å². The lowest BCUT2D eigenvalue weighted by Crippen LogP contribution is -2.03. The van der Waals surface area contributed by atoms with Crippen LogP contribution in [0, 0.1) is 13.8 Å². The van der Waals surface area contributed by atoms with Gasteiger partial charge in [0.15, 0.2) is 0 Å². The third kappa shape index (κ3) is 7.99. The Morgan fingerprint density at radius 1 is 0.972 bits per heavy atom. The number of rotatable bonds is 9. The van der Waals surface area contributed by atoms with Gasteiger partial charge in [0.1, 0.15) is 11.6 Å². The molecule has 2 N–H and O–H groups in total. The van der Waals surface area contributed by atoms with Gasteiger partial charge in [0.05, 0.1) is 15.6 Å². The van der Waals surface area contributed by atoms with E-state index < -0.39 is 5.97 Å². The lowest BCUT2D eigenvalue weighted by atomic mass is 9.93. The highest BCUT2D eigenvalue weighted by molar-refractivity contribution is 7.15. The summed E-state index contributed by atoms with van der Waals surface area (Å²) in [7, 11) is 0. The molecule has 0 saturated carbocycles. The lowest BCUT2D eigenvalue weighted by molar-refractivity contribution is -0.136. The first-order valence-corrected chi connectivity index (χ1v) is 13.1. The molecule has 188 valence electrons. The molecule has 0 unspecified atom stereocenters. The van der Waals surface area contributed by atoms with E-state index in [0.717, 1.165) is 52.0 Å². The number of aryl methyl sites for hydroxylation is 4. The first-order chi connectivity index (χ1) is 17.4. The van der Waals surface area contributed by atoms with E-state index in [4.69, 9.17) is 5.11 Å². The number of aliphatic carboxylic acids is 1. The van der Waals surface area contributed by atoms with E-state index in [2.05, 4.69) is 46.2 Å². The second kappa shape index (κ2) is 13.5. The number of carbonyl (C=O) groups is 1. The average Bonchev–Trinajstić information content (AvgIpc) is 3.30. The second-order valence-electron chi connectivity index (χ2n) is 8.55. The molecule has 4 rings (SSSR count). The van der Waals surface area contributed by atoms with Crippen LogP contribution < -0.4 is 5.32 Å². The molecule has 36 heavy (non-hydrogen) atoms. The molecule has 1 aromatic carbocycles. The summed E-state index contributed by atoms with van der Waals surface area (Å²) in [5.74, 6) is 0.867. The van der Waals surface area contributed by atoms with Gasteiger partial charge >= 0.3 is 5.97 Å². The summed E-state index contributed by atoms with van der Waals surface area (Å²) in [6, 6.07) is 16.1. The van der Waals surface area contributed by atoms with Crippen molar-refractivity contribution in [2.45, 2.75) is 59.8 Å². The Hall–Kier alpha value is -3.58. The Bertz CT molecular complexity index is 1290. The Morgan fingerprint density at radius 3 is 2.42 bits per heavy atom. The fourth-order valence-corrected chi connectivity index (χ4v) is 4.67. The zero-order chi connectivity index (χ0) is 25.9. The number of anilines is 2. The maximum atomic E-state index is 10.6. The molecule has 3 heterocycles. The SMILES string of the molecule is CCCc1c(CC)cccc1CCC(=O)O.Cc1ccnc(Nc2cccc(-c3cnc(C)s3)n2)c1. The van der Waals surface area contributed by atoms with Crippen LogP contribution in [0.15, 0.2) is 60.9 Å². The van der Waals surface area contributed by atoms with E-state index in [1.165, 1.54) is 16.7 Å². The minimum Gasteiger partial charge on any atom is -0.481 e. The molecule has 0 radical (unpaired) electrons. The average molecular weight is 503 g/mol. The van der Waals surface area contributed by atoms with Crippen molar-refractivity contribution in [2.24, 2.45) is 0 Å². The molecule has 4 aromatic rings. The van der Waals surface area contributed by atoms with E-state index in [-0.39, 0.29) is 6.42 Å². The second-order valence-corrected chi connectivity index (χ2v) is 9.78. The number of carboxylic acid groups (broad SMARTS) is 1. The molecule has 0 fully saturated rings. The zero-order valence-corrected chi connectivity index (χ0v) is 22.2. The molecule has 0 aliphatic carbocycles. The Kier molecular flexibility index (Phi) is 10.1. The van der Waals surface area contributed by atoms with Crippen molar-refractivity contribution in [1.82, 2.24) is 15.0 Å². The summed E-state index contributed by atoms with van der Waals surface area (Å²) in [5.41, 5.74) is 6.03. The molecule has 6 nitrogen and oxygen atoms in total. The van der Waals surface area contributed by atoms with E-state index in [0.29, 0.717) is 6.42 Å². The predicted molar refractivity (Wildman–Crippen MR) is 148 cm³/mol. The minimum absolute atomic E-state index is 0.226. The fourth-order valence-electron chi connectivity index (χ4n) is 3.92. The van der Waals surface area contributed by atoms with Crippen LogP contribution in [0.3, 0.4) is 0 Å². The van der Waals surface area contributed by atoms with E-state index in [1.54, 1.807) is 17.5 Å². The molecule has 0 spiro atoms. The van der Waals surface area contributed by atoms with Crippen molar-refractivity contribution in [1.29, 1.82) is 0 Å². The van der Waals surface area contributed by atoms with Crippen molar-refractivity contribution in [2.75, 3.05) is 5.32 Å². The number of carboxylic acids is 1. The monoisotopic (exact) mass is 502 g/mol. The molecule has 3 aromatic heterocycles. The van der Waals surface area contributed by atoms with Gasteiger partial charge in [-0.05, 0) is 79.6 Å². The molecular formula is C29H34N4O2S. The van der Waals surface area contributed by atoms with Crippen LogP contribution in [0.5, 0.6) is 0 Å². The summed E-state index contributed by atoms with van der Waals surface area (Å²) in [4.78, 5) is 24.8. The summed E-state index contributed by atoms with van der Waals surface area (Å²) < 4.78 is 0. The smallest absolute Gasteiger partial charge is 0.303 e. The third-order valence-corrected chi connectivity index (χ3v) is 6.59. The summed E-state index contributed by atoms with van der Waals surface area (Å²) in [6.45, 7) is 8.34. The number of thiazole rings is 1. The van der Waals surface area contributed by atoms with Crippen LogP contribution in [0.1, 0.15) is 54.0 Å². The standard InChI is InChI=1S/C15H14N4S.C14H20O2/c1-10-6-7-16-15(8-10)19-14-5-3-4-12(18-14)13-9-17-11(2)20-13;1-3-6-13-11(4-2)7-5-8-12(13)9-10-14(15)16/h3-9H,1-2H3,(H,16,18,19);5,7-8H,3-4,6,9-10H2,1-2H3,(H,15,16). The first kappa shape index (κ1) is 27.0. The van der Waals surface area contributed by atoms with Crippen LogP contribution in [0.4, 0.5) is 11.6 Å². The highest BCUT2D eigenvalue weighted by atomic mass is 32.1. The van der Waals surface area contributed by atoms with Gasteiger partial charge in [0.2, 0.25) is 0 Å². The number of nitrogens with one attached hydrogen (secondary N) is 1. The highest BCUT2D eigenvalue weighted by Gasteiger charge is 2.08. The summed E-state index contributed by atoms with van der Waals surface area (Å²) in [5, 5.41) is 13.0. The molecule has 7 heteroatoms. The van der Waals surface area contributed by atoms with Crippen molar-refractivity contribution in [3.05, 3.63) is 88.2 Å². The topological polar surface area (TPSA) is 88.0 Å². The number of pyridine rings is 2. The predicted octanol–water partition coefficient (Wildman–Crippen LogP) is 7.18. The molecule has 0 bridgehead atoms. The summed E-state index contributed by atoms with van der Waals surface area (Å²) in [6.07, 6.45) is 7.71. The van der Waals surface area contributed by atoms with E-state index >= 15 is 0 Å². The Balaban J connectivity index is 0.000000207. The van der Waals surface area contributed by atoms with Gasteiger partial charge in [0, 0.05) is 18.8 Å². The number of aromatic nitrogens is 3.